The molecule has 1 unspecified atom stereocenters. The maximum Gasteiger partial charge on any atom is 0.243 e. The van der Waals surface area contributed by atoms with Crippen LogP contribution >= 0.6 is 0 Å². The lowest BCUT2D eigenvalue weighted by Crippen LogP contribution is -2.63. The molecule has 6 rings (SSSR count). The van der Waals surface area contributed by atoms with E-state index in [1.165, 1.54) is 48.5 Å². The van der Waals surface area contributed by atoms with Gasteiger partial charge in [0.05, 0.1) is 11.7 Å². The number of benzene rings is 1. The summed E-state index contributed by atoms with van der Waals surface area (Å²) in [5.41, 5.74) is 3.81. The van der Waals surface area contributed by atoms with Crippen LogP contribution in [0.2, 0.25) is 0 Å². The van der Waals surface area contributed by atoms with Crippen molar-refractivity contribution in [3.8, 4) is 0 Å². The van der Waals surface area contributed by atoms with Gasteiger partial charge >= 0.3 is 0 Å². The molecule has 2 aromatic rings. The smallest absolute Gasteiger partial charge is 0.243 e. The molecule has 1 aliphatic heterocycles. The summed E-state index contributed by atoms with van der Waals surface area (Å²) in [6, 6.07) is 5.15. The normalized spacial score (nSPS) is 27.5. The molecule has 1 atom stereocenters. The highest BCUT2D eigenvalue weighted by molar-refractivity contribution is 5.79. The number of hydrogen-bond acceptors (Lipinski definition) is 3. The minimum atomic E-state index is -0.630. The molecule has 1 aromatic carbocycles. The quantitative estimate of drug-likeness (QED) is 0.446. The summed E-state index contributed by atoms with van der Waals surface area (Å²) in [4.78, 5) is 12.7. The molecule has 3 saturated carbocycles. The Morgan fingerprint density at radius 3 is 2.42 bits per heavy atom. The molecule has 33 heavy (non-hydrogen) atoms. The maximum atomic E-state index is 13.6. The predicted octanol–water partition coefficient (Wildman–Crippen LogP) is 5.86. The van der Waals surface area contributed by atoms with Crippen molar-refractivity contribution in [3.63, 3.8) is 0 Å². The number of rotatable bonds is 9. The van der Waals surface area contributed by atoms with Crippen molar-refractivity contribution in [1.29, 1.82) is 0 Å². The van der Waals surface area contributed by atoms with Crippen molar-refractivity contribution in [2.75, 3.05) is 0 Å². The Hall–Kier alpha value is -2.57. The lowest BCUT2D eigenvalue weighted by Gasteiger charge is -2.71. The topological polar surface area (TPSA) is 50.5 Å². The number of unbranched alkanes of at least 4 members (excludes halogenated alkanes) is 2. The summed E-state index contributed by atoms with van der Waals surface area (Å²) in [5, 5.41) is 10.2. The van der Waals surface area contributed by atoms with E-state index in [9.17, 15) is 13.6 Å². The van der Waals surface area contributed by atoms with Crippen molar-refractivity contribution in [1.82, 2.24) is 14.8 Å². The fourth-order valence-corrected chi connectivity index (χ4v) is 6.58. The van der Waals surface area contributed by atoms with Crippen LogP contribution in [0.15, 0.2) is 29.4 Å². The van der Waals surface area contributed by atoms with Gasteiger partial charge in [-0.2, -0.15) is 10.2 Å². The predicted molar refractivity (Wildman–Crippen MR) is 123 cm³/mol. The number of carbonyl (C=O) groups excluding carboxylic acids is 1. The van der Waals surface area contributed by atoms with Crippen LogP contribution in [0.25, 0.3) is 0 Å². The van der Waals surface area contributed by atoms with Gasteiger partial charge in [0, 0.05) is 37.4 Å². The van der Waals surface area contributed by atoms with Gasteiger partial charge in [0.1, 0.15) is 11.6 Å². The van der Waals surface area contributed by atoms with Crippen molar-refractivity contribution < 1.29 is 13.6 Å². The average Bonchev–Trinajstić information content (AvgIpc) is 3.30. The summed E-state index contributed by atoms with van der Waals surface area (Å²) in [7, 11) is 0. The molecular formula is C26H32F2N4O. The van der Waals surface area contributed by atoms with Gasteiger partial charge in [0.25, 0.3) is 0 Å². The molecule has 3 aliphatic carbocycles. The Kier molecular flexibility index (Phi) is 5.61. The zero-order valence-electron chi connectivity index (χ0n) is 19.5. The van der Waals surface area contributed by atoms with Crippen LogP contribution in [0.1, 0.15) is 80.8 Å². The van der Waals surface area contributed by atoms with Gasteiger partial charge in [0.15, 0.2) is 0 Å². The number of amides is 1. The molecule has 7 heteroatoms. The second-order valence-corrected chi connectivity index (χ2v) is 10.7. The molecule has 0 spiro atoms. The first-order valence-corrected chi connectivity index (χ1v) is 12.1. The third kappa shape index (κ3) is 4.34. The molecule has 4 aliphatic rings. The molecule has 1 aromatic heterocycles. The van der Waals surface area contributed by atoms with E-state index in [0.29, 0.717) is 29.2 Å². The maximum absolute atomic E-state index is 13.6. The number of carbonyl (C=O) groups is 1. The second-order valence-electron chi connectivity index (χ2n) is 10.7. The molecule has 1 amide bonds. The lowest BCUT2D eigenvalue weighted by molar-refractivity contribution is -0.217. The highest BCUT2D eigenvalue weighted by atomic mass is 19.1. The Labute approximate surface area is 193 Å². The molecule has 2 heterocycles. The van der Waals surface area contributed by atoms with Crippen molar-refractivity contribution >= 4 is 12.1 Å². The first-order valence-electron chi connectivity index (χ1n) is 12.1. The third-order valence-electron chi connectivity index (χ3n) is 7.79. The molecule has 3 fully saturated rings. The second kappa shape index (κ2) is 8.33. The average molecular weight is 455 g/mol. The molecule has 2 bridgehead atoms. The Bertz CT molecular complexity index is 1050. The van der Waals surface area contributed by atoms with E-state index in [4.69, 9.17) is 0 Å². The minimum absolute atomic E-state index is 0.0761. The standard InChI is InChI=1S/C26H32F2N4O/c1-18-10-19(2)31(30-18)17-26-14-25(15-26,16-26)8-5-3-4-6-24(33)32-23(7-9-29-32)20-11-21(27)13-22(28)12-20/h9-13,23H,3-8,14-17H2,1-2H3. The first kappa shape index (κ1) is 22.2. The molecule has 0 saturated heterocycles. The van der Waals surface area contributed by atoms with Gasteiger partial charge in [-0.3, -0.25) is 9.48 Å². The van der Waals surface area contributed by atoms with E-state index in [1.54, 1.807) is 6.21 Å². The first-order chi connectivity index (χ1) is 15.8. The van der Waals surface area contributed by atoms with Gasteiger partial charge in [-0.15, -0.1) is 0 Å². The Balaban J connectivity index is 1.03. The number of nitrogens with zero attached hydrogens (tertiary/aromatic N) is 4. The third-order valence-corrected chi connectivity index (χ3v) is 7.79. The van der Waals surface area contributed by atoms with Gasteiger partial charge in [-0.25, -0.2) is 13.8 Å². The molecular weight excluding hydrogens is 422 g/mol. The number of hydrogen-bond donors (Lipinski definition) is 0. The fourth-order valence-electron chi connectivity index (χ4n) is 6.58. The van der Waals surface area contributed by atoms with Crippen LogP contribution in [0.3, 0.4) is 0 Å². The number of halogens is 2. The van der Waals surface area contributed by atoms with Crippen LogP contribution in [0.4, 0.5) is 8.78 Å². The number of aromatic nitrogens is 2. The van der Waals surface area contributed by atoms with Crippen LogP contribution < -0.4 is 0 Å². The van der Waals surface area contributed by atoms with Crippen molar-refractivity contribution in [3.05, 3.63) is 52.9 Å². The summed E-state index contributed by atoms with van der Waals surface area (Å²) in [5.74, 6) is -1.34. The Morgan fingerprint density at radius 2 is 1.76 bits per heavy atom. The molecule has 0 radical (unpaired) electrons. The van der Waals surface area contributed by atoms with Crippen molar-refractivity contribution in [2.24, 2.45) is 15.9 Å². The largest absolute Gasteiger partial charge is 0.273 e. The summed E-state index contributed by atoms with van der Waals surface area (Å²) >= 11 is 0. The zero-order valence-corrected chi connectivity index (χ0v) is 19.5. The van der Waals surface area contributed by atoms with E-state index in [0.717, 1.165) is 37.6 Å². The fraction of sp³-hybridized carbons (Fsp3) is 0.577. The van der Waals surface area contributed by atoms with E-state index in [2.05, 4.69) is 34.8 Å². The van der Waals surface area contributed by atoms with Gasteiger partial charge in [0.2, 0.25) is 5.91 Å². The monoisotopic (exact) mass is 454 g/mol. The molecule has 5 nitrogen and oxygen atoms in total. The van der Waals surface area contributed by atoms with E-state index in [-0.39, 0.29) is 5.91 Å². The van der Waals surface area contributed by atoms with Crippen molar-refractivity contribution in [2.45, 2.75) is 84.2 Å². The van der Waals surface area contributed by atoms with Crippen LogP contribution in [-0.4, -0.2) is 26.9 Å². The van der Waals surface area contributed by atoms with E-state index in [1.807, 2.05) is 0 Å². The summed E-state index contributed by atoms with van der Waals surface area (Å²) in [6.07, 6.45) is 10.7. The highest BCUT2D eigenvalue weighted by Gasteiger charge is 2.66. The van der Waals surface area contributed by atoms with Gasteiger partial charge in [-0.1, -0.05) is 12.8 Å². The Morgan fingerprint density at radius 1 is 1.03 bits per heavy atom. The molecule has 176 valence electrons. The summed E-state index contributed by atoms with van der Waals surface area (Å²) < 4.78 is 29.4. The number of hydrazone groups is 1. The highest BCUT2D eigenvalue weighted by Crippen LogP contribution is 2.75. The zero-order chi connectivity index (χ0) is 23.2. The SMILES string of the molecule is Cc1cc(C)n(CC23CC(CCCCCC(=O)N4N=CCC4c4cc(F)cc(F)c4)(C2)C3)n1. The molecule has 0 N–H and O–H groups in total. The minimum Gasteiger partial charge on any atom is -0.273 e. The lowest BCUT2D eigenvalue weighted by atomic mass is 9.34. The summed E-state index contributed by atoms with van der Waals surface area (Å²) in [6.45, 7) is 5.24. The van der Waals surface area contributed by atoms with Crippen LogP contribution in [0, 0.1) is 36.3 Å². The van der Waals surface area contributed by atoms with Crippen LogP contribution in [0.5, 0.6) is 0 Å². The van der Waals surface area contributed by atoms with Gasteiger partial charge in [-0.05, 0) is 80.5 Å². The van der Waals surface area contributed by atoms with E-state index >= 15 is 0 Å². The number of aryl methyl sites for hydroxylation is 2. The van der Waals surface area contributed by atoms with E-state index < -0.39 is 17.7 Å². The van der Waals surface area contributed by atoms with Gasteiger partial charge < -0.3 is 0 Å². The van der Waals surface area contributed by atoms with Crippen LogP contribution in [-0.2, 0) is 11.3 Å².